The summed E-state index contributed by atoms with van der Waals surface area (Å²) in [6.07, 6.45) is 13.9. The SMILES string of the molecule is CC1=[C-]C(C)C=C1.CC1=[C-]CC(C)=C1.Cl.Cl.[CH2]=[Zr+2]. The normalized spacial score (nSPS) is 18.8. The molecule has 0 aromatic rings. The van der Waals surface area contributed by atoms with Gasteiger partial charge in [0.05, 0.1) is 0 Å². The maximum atomic E-state index is 3.34. The molecule has 0 spiro atoms. The monoisotopic (exact) mass is 362 g/mol. The van der Waals surface area contributed by atoms with Crippen molar-refractivity contribution in [2.24, 2.45) is 5.92 Å². The second-order valence-corrected chi connectivity index (χ2v) is 4.00. The van der Waals surface area contributed by atoms with E-state index in [9.17, 15) is 0 Å². The summed E-state index contributed by atoms with van der Waals surface area (Å²) in [6.45, 7) is 8.41. The molecule has 1 unspecified atom stereocenters. The average Bonchev–Trinajstić information content (AvgIpc) is 2.80. The number of halogens is 2. The second-order valence-electron chi connectivity index (χ2n) is 4.00. The number of hydrogen-bond donors (Lipinski definition) is 0. The summed E-state index contributed by atoms with van der Waals surface area (Å²) in [5.41, 5.74) is 3.99. The van der Waals surface area contributed by atoms with E-state index in [1.54, 1.807) is 0 Å². The van der Waals surface area contributed by atoms with Crippen LogP contribution in [-0.2, 0) is 24.2 Å². The Kier molecular flexibility index (Phi) is 17.8. The van der Waals surface area contributed by atoms with Crippen LogP contribution in [0.15, 0.2) is 34.9 Å². The Morgan fingerprint density at radius 3 is 1.83 bits per heavy atom. The van der Waals surface area contributed by atoms with E-state index < -0.39 is 0 Å². The fraction of sp³-hybridized carbons (Fsp3) is 0.400. The standard InChI is InChI=1S/2C7H9.CH2.2ClH.Zr/c2*1-6-3-4-7(2)5-6;;;;/h5H,3H2,1-2H3;3-4,6H,1-2H3;1H2;2*1H;/q2*-1;;;;+2. The van der Waals surface area contributed by atoms with Crippen LogP contribution in [0.25, 0.3) is 0 Å². The first-order chi connectivity index (χ1) is 7.58. The van der Waals surface area contributed by atoms with Gasteiger partial charge in [-0.25, -0.2) is 23.3 Å². The summed E-state index contributed by atoms with van der Waals surface area (Å²) in [7, 11) is 0. The molecule has 0 aliphatic heterocycles. The molecular weight excluding hydrogens is 342 g/mol. The third-order valence-corrected chi connectivity index (χ3v) is 2.20. The van der Waals surface area contributed by atoms with Gasteiger partial charge in [-0.1, -0.05) is 33.6 Å². The summed E-state index contributed by atoms with van der Waals surface area (Å²) < 4.78 is 3.34. The van der Waals surface area contributed by atoms with E-state index in [-0.39, 0.29) is 24.8 Å². The minimum atomic E-state index is 0. The number of allylic oxidation sites excluding steroid dienone is 8. The first kappa shape index (κ1) is 23.4. The molecule has 0 heterocycles. The van der Waals surface area contributed by atoms with Crippen molar-refractivity contribution < 1.29 is 24.2 Å². The van der Waals surface area contributed by atoms with E-state index in [1.807, 2.05) is 0 Å². The van der Waals surface area contributed by atoms with Crippen molar-refractivity contribution in [1.82, 2.24) is 0 Å². The molecule has 2 aliphatic rings. The summed E-state index contributed by atoms with van der Waals surface area (Å²) in [6, 6.07) is 0. The van der Waals surface area contributed by atoms with E-state index >= 15 is 0 Å². The molecule has 0 bridgehead atoms. The van der Waals surface area contributed by atoms with Crippen molar-refractivity contribution in [1.29, 1.82) is 0 Å². The van der Waals surface area contributed by atoms with E-state index in [1.165, 1.54) is 41.0 Å². The van der Waals surface area contributed by atoms with Crippen LogP contribution >= 0.6 is 24.8 Å². The third-order valence-electron chi connectivity index (χ3n) is 2.20. The quantitative estimate of drug-likeness (QED) is 0.540. The topological polar surface area (TPSA) is 0 Å². The van der Waals surface area contributed by atoms with E-state index in [2.05, 4.69) is 62.3 Å². The zero-order chi connectivity index (χ0) is 12.6. The van der Waals surface area contributed by atoms with E-state index in [4.69, 9.17) is 0 Å². The number of rotatable bonds is 0. The molecule has 0 fully saturated rings. The Labute approximate surface area is 139 Å². The molecule has 3 heteroatoms. The van der Waals surface area contributed by atoms with Crippen LogP contribution in [-0.4, -0.2) is 4.21 Å². The van der Waals surface area contributed by atoms with Crippen molar-refractivity contribution in [2.75, 3.05) is 0 Å². The molecular formula is C15H22Cl2Zr. The molecule has 0 radical (unpaired) electrons. The Balaban J connectivity index is -0.000000200. The molecule has 2 aliphatic carbocycles. The molecule has 0 nitrogen and oxygen atoms in total. The van der Waals surface area contributed by atoms with Crippen molar-refractivity contribution in [2.45, 2.75) is 34.1 Å². The second kappa shape index (κ2) is 13.7. The molecule has 2 rings (SSSR count). The molecule has 100 valence electrons. The van der Waals surface area contributed by atoms with Gasteiger partial charge >= 0.3 is 28.4 Å². The van der Waals surface area contributed by atoms with Crippen molar-refractivity contribution in [3.63, 3.8) is 0 Å². The molecule has 18 heavy (non-hydrogen) atoms. The van der Waals surface area contributed by atoms with Crippen LogP contribution in [0.2, 0.25) is 0 Å². The molecule has 0 aromatic carbocycles. The summed E-state index contributed by atoms with van der Waals surface area (Å²) in [4.78, 5) is 0. The van der Waals surface area contributed by atoms with Crippen LogP contribution in [0, 0.1) is 18.1 Å². The Morgan fingerprint density at radius 1 is 1.17 bits per heavy atom. The van der Waals surface area contributed by atoms with Gasteiger partial charge in [-0.2, -0.15) is 11.6 Å². The number of hydrogen-bond acceptors (Lipinski definition) is 0. The summed E-state index contributed by atoms with van der Waals surface area (Å²) in [5, 5.41) is 0. The average molecular weight is 364 g/mol. The Morgan fingerprint density at radius 2 is 1.72 bits per heavy atom. The van der Waals surface area contributed by atoms with Crippen molar-refractivity contribution >= 4 is 29.0 Å². The predicted molar refractivity (Wildman–Crippen MR) is 83.2 cm³/mol. The fourth-order valence-corrected chi connectivity index (χ4v) is 1.49. The van der Waals surface area contributed by atoms with Gasteiger partial charge in [0, 0.05) is 0 Å². The van der Waals surface area contributed by atoms with Gasteiger partial charge in [-0.05, 0) is 0 Å². The first-order valence-corrected chi connectivity index (χ1v) is 7.20. The fourth-order valence-electron chi connectivity index (χ4n) is 1.49. The molecule has 0 amide bonds. The van der Waals surface area contributed by atoms with E-state index in [0.717, 1.165) is 6.42 Å². The summed E-state index contributed by atoms with van der Waals surface area (Å²) >= 11 is 1.30. The van der Waals surface area contributed by atoms with Crippen LogP contribution in [0.4, 0.5) is 0 Å². The van der Waals surface area contributed by atoms with Crippen LogP contribution in [0.3, 0.4) is 0 Å². The predicted octanol–water partition coefficient (Wildman–Crippen LogP) is 4.84. The third kappa shape index (κ3) is 11.4. The molecule has 0 N–H and O–H groups in total. The van der Waals surface area contributed by atoms with Crippen LogP contribution in [0.1, 0.15) is 34.1 Å². The van der Waals surface area contributed by atoms with Crippen LogP contribution in [0.5, 0.6) is 0 Å². The zero-order valence-corrected chi connectivity index (χ0v) is 15.6. The van der Waals surface area contributed by atoms with Gasteiger partial charge in [-0.3, -0.25) is 12.2 Å². The van der Waals surface area contributed by atoms with Gasteiger partial charge in [0.15, 0.2) is 0 Å². The molecule has 1 atom stereocenters. The van der Waals surface area contributed by atoms with E-state index in [0.29, 0.717) is 5.92 Å². The van der Waals surface area contributed by atoms with Crippen molar-refractivity contribution in [3.05, 3.63) is 47.1 Å². The Hall–Kier alpha value is 0.293. The Bertz CT molecular complexity index is 338. The molecule has 0 saturated heterocycles. The van der Waals surface area contributed by atoms with Gasteiger partial charge in [0.2, 0.25) is 0 Å². The first-order valence-electron chi connectivity index (χ1n) is 5.46. The van der Waals surface area contributed by atoms with Crippen LogP contribution < -0.4 is 0 Å². The minimum absolute atomic E-state index is 0. The molecule has 0 saturated carbocycles. The maximum absolute atomic E-state index is 3.34. The molecule has 0 aromatic heterocycles. The van der Waals surface area contributed by atoms with Gasteiger partial charge < -0.3 is 0 Å². The summed E-state index contributed by atoms with van der Waals surface area (Å²) in [5.74, 6) is 0.556. The zero-order valence-electron chi connectivity index (χ0n) is 11.5. The van der Waals surface area contributed by atoms with Gasteiger partial charge in [0.1, 0.15) is 0 Å². The van der Waals surface area contributed by atoms with Crippen molar-refractivity contribution in [3.8, 4) is 0 Å². The van der Waals surface area contributed by atoms with Gasteiger partial charge in [0.25, 0.3) is 0 Å². The van der Waals surface area contributed by atoms with Gasteiger partial charge in [-0.15, -0.1) is 31.2 Å².